The lowest BCUT2D eigenvalue weighted by Gasteiger charge is -2.08. The number of halogens is 1. The summed E-state index contributed by atoms with van der Waals surface area (Å²) in [6.45, 7) is 0.552. The van der Waals surface area contributed by atoms with Gasteiger partial charge >= 0.3 is 5.97 Å². The van der Waals surface area contributed by atoms with E-state index in [0.29, 0.717) is 18.2 Å². The molecule has 0 spiro atoms. The van der Waals surface area contributed by atoms with Gasteiger partial charge in [0.15, 0.2) is 6.61 Å². The number of ether oxygens (including phenoxy) is 1. The summed E-state index contributed by atoms with van der Waals surface area (Å²) in [4.78, 5) is 22.3. The second-order valence-corrected chi connectivity index (χ2v) is 4.89. The van der Waals surface area contributed by atoms with E-state index in [1.165, 1.54) is 31.0 Å². The molecule has 0 saturated heterocycles. The van der Waals surface area contributed by atoms with Gasteiger partial charge in [0.2, 0.25) is 0 Å². The van der Waals surface area contributed by atoms with Gasteiger partial charge in [-0.25, -0.2) is 4.79 Å². The van der Waals surface area contributed by atoms with Crippen LogP contribution < -0.4 is 10.1 Å². The van der Waals surface area contributed by atoms with Crippen molar-refractivity contribution in [2.45, 2.75) is 12.8 Å². The van der Waals surface area contributed by atoms with E-state index in [1.54, 1.807) is 0 Å². The fourth-order valence-electron chi connectivity index (χ4n) is 1.54. The Morgan fingerprint density at radius 1 is 1.42 bits per heavy atom. The van der Waals surface area contributed by atoms with Crippen molar-refractivity contribution in [3.8, 4) is 5.75 Å². The topological polar surface area (TPSA) is 75.6 Å². The highest BCUT2D eigenvalue weighted by molar-refractivity contribution is 6.33. The van der Waals surface area contributed by atoms with Crippen LogP contribution in [0.4, 0.5) is 0 Å². The maximum absolute atomic E-state index is 11.5. The molecule has 1 aromatic rings. The van der Waals surface area contributed by atoms with E-state index in [1.807, 2.05) is 0 Å². The molecule has 0 unspecified atom stereocenters. The van der Waals surface area contributed by atoms with Crippen LogP contribution in [0.15, 0.2) is 18.2 Å². The molecule has 2 N–H and O–H groups in total. The largest absolute Gasteiger partial charge is 0.484 e. The molecule has 1 amide bonds. The van der Waals surface area contributed by atoms with Crippen molar-refractivity contribution >= 4 is 23.5 Å². The molecule has 6 heteroatoms. The fraction of sp³-hybridized carbons (Fsp3) is 0.385. The number of nitrogens with one attached hydrogen (secondary N) is 1. The summed E-state index contributed by atoms with van der Waals surface area (Å²) in [5, 5.41) is 11.8. The molecule has 1 aromatic carbocycles. The molecule has 19 heavy (non-hydrogen) atoms. The number of carboxylic acids is 1. The zero-order valence-electron chi connectivity index (χ0n) is 10.2. The molecular formula is C13H14ClNO4. The number of hydrogen-bond acceptors (Lipinski definition) is 3. The molecule has 0 aliphatic heterocycles. The molecule has 2 rings (SSSR count). The Bertz CT molecular complexity index is 499. The second-order valence-electron chi connectivity index (χ2n) is 4.48. The first-order valence-electron chi connectivity index (χ1n) is 5.98. The summed E-state index contributed by atoms with van der Waals surface area (Å²) in [5.41, 5.74) is -0.0439. The van der Waals surface area contributed by atoms with E-state index >= 15 is 0 Å². The molecule has 0 bridgehead atoms. The Labute approximate surface area is 115 Å². The van der Waals surface area contributed by atoms with Gasteiger partial charge in [0.05, 0.1) is 10.6 Å². The molecular weight excluding hydrogens is 270 g/mol. The number of benzene rings is 1. The number of carbonyl (C=O) groups excluding carboxylic acids is 1. The van der Waals surface area contributed by atoms with Crippen LogP contribution in [0.5, 0.6) is 5.75 Å². The standard InChI is InChI=1S/C13H14ClNO4/c14-11-4-3-9(5-10(11)13(17)18)19-7-12(16)15-6-8-1-2-8/h3-5,8H,1-2,6-7H2,(H,15,16)(H,17,18). The molecule has 102 valence electrons. The van der Waals surface area contributed by atoms with Crippen LogP contribution in [-0.2, 0) is 4.79 Å². The Morgan fingerprint density at radius 3 is 2.79 bits per heavy atom. The molecule has 1 fully saturated rings. The van der Waals surface area contributed by atoms with Gasteiger partial charge < -0.3 is 15.2 Å². The van der Waals surface area contributed by atoms with Crippen LogP contribution in [0.2, 0.25) is 5.02 Å². The number of amides is 1. The number of carbonyl (C=O) groups is 2. The highest BCUT2D eigenvalue weighted by atomic mass is 35.5. The minimum Gasteiger partial charge on any atom is -0.484 e. The van der Waals surface area contributed by atoms with Crippen LogP contribution in [-0.4, -0.2) is 30.1 Å². The summed E-state index contributed by atoms with van der Waals surface area (Å²) in [5.74, 6) is -0.422. The zero-order chi connectivity index (χ0) is 13.8. The molecule has 1 aliphatic carbocycles. The molecule has 0 aromatic heterocycles. The lowest BCUT2D eigenvalue weighted by Crippen LogP contribution is -2.30. The van der Waals surface area contributed by atoms with Gasteiger partial charge in [-0.3, -0.25) is 4.79 Å². The third-order valence-electron chi connectivity index (χ3n) is 2.82. The zero-order valence-corrected chi connectivity index (χ0v) is 10.9. The fourth-order valence-corrected chi connectivity index (χ4v) is 1.74. The molecule has 5 nitrogen and oxygen atoms in total. The number of rotatable bonds is 6. The summed E-state index contributed by atoms with van der Waals surface area (Å²) in [6.07, 6.45) is 2.33. The van der Waals surface area contributed by atoms with Crippen molar-refractivity contribution in [3.63, 3.8) is 0 Å². The van der Waals surface area contributed by atoms with Crippen molar-refractivity contribution in [3.05, 3.63) is 28.8 Å². The predicted molar refractivity (Wildman–Crippen MR) is 69.6 cm³/mol. The average Bonchev–Trinajstić information content (AvgIpc) is 3.19. The van der Waals surface area contributed by atoms with Crippen LogP contribution in [0.25, 0.3) is 0 Å². The Morgan fingerprint density at radius 2 is 2.16 bits per heavy atom. The van der Waals surface area contributed by atoms with Gasteiger partial charge in [0, 0.05) is 6.54 Å². The third-order valence-corrected chi connectivity index (χ3v) is 3.15. The predicted octanol–water partition coefficient (Wildman–Crippen LogP) is 1.94. The van der Waals surface area contributed by atoms with Crippen LogP contribution >= 0.6 is 11.6 Å². The summed E-state index contributed by atoms with van der Waals surface area (Å²) in [6, 6.07) is 4.27. The highest BCUT2D eigenvalue weighted by Gasteiger charge is 2.21. The van der Waals surface area contributed by atoms with Crippen molar-refractivity contribution in [1.29, 1.82) is 0 Å². The Kier molecular flexibility index (Phi) is 4.27. The summed E-state index contributed by atoms with van der Waals surface area (Å²) >= 11 is 5.73. The van der Waals surface area contributed by atoms with E-state index in [9.17, 15) is 9.59 Å². The first kappa shape index (κ1) is 13.7. The highest BCUT2D eigenvalue weighted by Crippen LogP contribution is 2.27. The lowest BCUT2D eigenvalue weighted by molar-refractivity contribution is -0.123. The van der Waals surface area contributed by atoms with E-state index in [-0.39, 0.29) is 23.1 Å². The minimum atomic E-state index is -1.13. The van der Waals surface area contributed by atoms with E-state index in [0.717, 1.165) is 0 Å². The maximum Gasteiger partial charge on any atom is 0.337 e. The summed E-state index contributed by atoms with van der Waals surface area (Å²) in [7, 11) is 0. The van der Waals surface area contributed by atoms with Crippen LogP contribution in [0, 0.1) is 5.92 Å². The summed E-state index contributed by atoms with van der Waals surface area (Å²) < 4.78 is 5.23. The average molecular weight is 284 g/mol. The van der Waals surface area contributed by atoms with E-state index < -0.39 is 5.97 Å². The van der Waals surface area contributed by atoms with Gasteiger partial charge in [-0.05, 0) is 37.0 Å². The molecule has 0 radical (unpaired) electrons. The number of aromatic carboxylic acids is 1. The van der Waals surface area contributed by atoms with Crippen LogP contribution in [0.1, 0.15) is 23.2 Å². The van der Waals surface area contributed by atoms with Crippen molar-refractivity contribution < 1.29 is 19.4 Å². The SMILES string of the molecule is O=C(COc1ccc(Cl)c(C(=O)O)c1)NCC1CC1. The van der Waals surface area contributed by atoms with Gasteiger partial charge in [-0.2, -0.15) is 0 Å². The Hall–Kier alpha value is -1.75. The minimum absolute atomic E-state index is 0.0439. The second kappa shape index (κ2) is 5.93. The molecule has 0 atom stereocenters. The number of carboxylic acid groups (broad SMARTS) is 1. The maximum atomic E-state index is 11.5. The first-order chi connectivity index (χ1) is 9.06. The van der Waals surface area contributed by atoms with Crippen molar-refractivity contribution in [2.24, 2.45) is 5.92 Å². The molecule has 0 heterocycles. The van der Waals surface area contributed by atoms with Crippen LogP contribution in [0.3, 0.4) is 0 Å². The lowest BCUT2D eigenvalue weighted by atomic mass is 10.2. The molecule has 1 saturated carbocycles. The van der Waals surface area contributed by atoms with E-state index in [4.69, 9.17) is 21.4 Å². The van der Waals surface area contributed by atoms with Gasteiger partial charge in [-0.1, -0.05) is 11.6 Å². The van der Waals surface area contributed by atoms with Crippen molar-refractivity contribution in [1.82, 2.24) is 5.32 Å². The Balaban J connectivity index is 1.86. The van der Waals surface area contributed by atoms with Gasteiger partial charge in [0.25, 0.3) is 5.91 Å². The van der Waals surface area contributed by atoms with Crippen molar-refractivity contribution in [2.75, 3.05) is 13.2 Å². The number of hydrogen-bond donors (Lipinski definition) is 2. The smallest absolute Gasteiger partial charge is 0.337 e. The first-order valence-corrected chi connectivity index (χ1v) is 6.36. The molecule has 1 aliphatic rings. The normalized spacial score (nSPS) is 13.9. The van der Waals surface area contributed by atoms with E-state index in [2.05, 4.69) is 5.32 Å². The van der Waals surface area contributed by atoms with Gasteiger partial charge in [-0.15, -0.1) is 0 Å². The monoisotopic (exact) mass is 283 g/mol. The quantitative estimate of drug-likeness (QED) is 0.836. The van der Waals surface area contributed by atoms with Gasteiger partial charge in [0.1, 0.15) is 5.75 Å². The third kappa shape index (κ3) is 4.13.